The van der Waals surface area contributed by atoms with Gasteiger partial charge in [-0.25, -0.2) is 9.59 Å². The first-order valence-electron chi connectivity index (χ1n) is 14.4. The van der Waals surface area contributed by atoms with Crippen LogP contribution in [0.1, 0.15) is 87.2 Å². The first-order valence-corrected chi connectivity index (χ1v) is 14.4. The van der Waals surface area contributed by atoms with Gasteiger partial charge in [-0.05, 0) is 91.8 Å². The Bertz CT molecular complexity index is 1290. The Morgan fingerprint density at radius 3 is 1.19 bits per heavy atom. The molecule has 0 radical (unpaired) electrons. The highest BCUT2D eigenvalue weighted by molar-refractivity contribution is 6.05. The predicted octanol–water partition coefficient (Wildman–Crippen LogP) is 7.03. The van der Waals surface area contributed by atoms with Crippen LogP contribution in [0.25, 0.3) is 0 Å². The first kappa shape index (κ1) is 32.1. The number of ether oxygens (including phenoxy) is 2. The molecule has 0 aliphatic heterocycles. The standard InChI is InChI=1S/C34H42N4O4/c1-23(2)37(24(3)4)35-21-27-15-9-13-19-31(27)41-33(39)29-17-11-12-18-30(29)34(40)42-32-20-14-10-16-28(32)22-36-38(25(5)6)26(7)8/h9-26H,1-8H3/b35-21+,36-22+. The van der Waals surface area contributed by atoms with Crippen LogP contribution in [0.5, 0.6) is 11.5 Å². The molecule has 0 N–H and O–H groups in total. The number of carbonyl (C=O) groups is 2. The maximum absolute atomic E-state index is 13.4. The molecule has 0 aliphatic carbocycles. The third-order valence-corrected chi connectivity index (χ3v) is 6.39. The van der Waals surface area contributed by atoms with Gasteiger partial charge in [0, 0.05) is 35.3 Å². The summed E-state index contributed by atoms with van der Waals surface area (Å²) in [7, 11) is 0. The van der Waals surface area contributed by atoms with Gasteiger partial charge in [0.15, 0.2) is 0 Å². The molecule has 8 nitrogen and oxygen atoms in total. The molecule has 0 bridgehead atoms. The SMILES string of the molecule is CC(C)N(/N=C/c1ccccc1OC(=O)c1ccccc1C(=O)Oc1ccccc1/C=N/N(C(C)C)C(C)C)C(C)C. The number of hydrogen-bond donors (Lipinski definition) is 0. The van der Waals surface area contributed by atoms with Crippen molar-refractivity contribution < 1.29 is 19.1 Å². The van der Waals surface area contributed by atoms with Crippen molar-refractivity contribution in [1.29, 1.82) is 0 Å². The van der Waals surface area contributed by atoms with Crippen molar-refractivity contribution in [3.63, 3.8) is 0 Å². The van der Waals surface area contributed by atoms with Crippen LogP contribution in [-0.2, 0) is 0 Å². The van der Waals surface area contributed by atoms with Crippen LogP contribution in [0.3, 0.4) is 0 Å². The monoisotopic (exact) mass is 570 g/mol. The molecule has 0 spiro atoms. The van der Waals surface area contributed by atoms with E-state index in [1.165, 1.54) is 0 Å². The number of benzene rings is 3. The molecule has 0 unspecified atom stereocenters. The van der Waals surface area contributed by atoms with Crippen molar-refractivity contribution >= 4 is 24.4 Å². The number of para-hydroxylation sites is 2. The second-order valence-electron chi connectivity index (χ2n) is 11.0. The molecule has 0 heterocycles. The average molecular weight is 571 g/mol. The highest BCUT2D eigenvalue weighted by Gasteiger charge is 2.22. The zero-order valence-electron chi connectivity index (χ0n) is 25.8. The largest absolute Gasteiger partial charge is 0.422 e. The van der Waals surface area contributed by atoms with E-state index >= 15 is 0 Å². The Kier molecular flexibility index (Phi) is 11.4. The number of esters is 2. The molecule has 3 aromatic rings. The average Bonchev–Trinajstić information content (AvgIpc) is 2.94. The fraction of sp³-hybridized carbons (Fsp3) is 0.353. The van der Waals surface area contributed by atoms with Crippen LogP contribution in [0.2, 0.25) is 0 Å². The van der Waals surface area contributed by atoms with Gasteiger partial charge in [0.2, 0.25) is 0 Å². The molecule has 0 atom stereocenters. The van der Waals surface area contributed by atoms with Crippen LogP contribution in [0.4, 0.5) is 0 Å². The molecule has 222 valence electrons. The highest BCUT2D eigenvalue weighted by atomic mass is 16.5. The van der Waals surface area contributed by atoms with Crippen molar-refractivity contribution in [3.05, 3.63) is 95.1 Å². The van der Waals surface area contributed by atoms with Crippen molar-refractivity contribution in [2.75, 3.05) is 0 Å². The van der Waals surface area contributed by atoms with E-state index in [0.29, 0.717) is 22.6 Å². The molecule has 8 heteroatoms. The number of carbonyl (C=O) groups excluding carboxylic acids is 2. The van der Waals surface area contributed by atoms with Crippen molar-refractivity contribution in [2.45, 2.75) is 79.6 Å². The lowest BCUT2D eigenvalue weighted by Gasteiger charge is -2.27. The minimum atomic E-state index is -0.674. The van der Waals surface area contributed by atoms with E-state index in [-0.39, 0.29) is 35.3 Å². The van der Waals surface area contributed by atoms with Gasteiger partial charge in [-0.15, -0.1) is 0 Å². The fourth-order valence-electron chi connectivity index (χ4n) is 4.49. The third kappa shape index (κ3) is 8.52. The summed E-state index contributed by atoms with van der Waals surface area (Å²) in [6.45, 7) is 16.5. The minimum Gasteiger partial charge on any atom is -0.422 e. The van der Waals surface area contributed by atoms with Gasteiger partial charge < -0.3 is 9.47 Å². The Hall–Kier alpha value is -4.46. The van der Waals surface area contributed by atoms with Crippen LogP contribution >= 0.6 is 0 Å². The Morgan fingerprint density at radius 2 is 0.857 bits per heavy atom. The third-order valence-electron chi connectivity index (χ3n) is 6.39. The fourth-order valence-corrected chi connectivity index (χ4v) is 4.49. The molecule has 0 aromatic heterocycles. The Balaban J connectivity index is 1.84. The summed E-state index contributed by atoms with van der Waals surface area (Å²) in [6.07, 6.45) is 3.36. The van der Waals surface area contributed by atoms with Gasteiger partial charge in [0.05, 0.1) is 23.6 Å². The maximum atomic E-state index is 13.4. The lowest BCUT2D eigenvalue weighted by atomic mass is 10.1. The number of hydrogen-bond acceptors (Lipinski definition) is 8. The van der Waals surface area contributed by atoms with Crippen LogP contribution < -0.4 is 9.47 Å². The van der Waals surface area contributed by atoms with Crippen molar-refractivity contribution in [2.24, 2.45) is 10.2 Å². The van der Waals surface area contributed by atoms with E-state index in [2.05, 4.69) is 65.6 Å². The van der Waals surface area contributed by atoms with E-state index in [1.54, 1.807) is 61.0 Å². The molecule has 42 heavy (non-hydrogen) atoms. The zero-order chi connectivity index (χ0) is 30.8. The molecule has 3 rings (SSSR count). The quantitative estimate of drug-likeness (QED) is 0.101. The van der Waals surface area contributed by atoms with Gasteiger partial charge >= 0.3 is 11.9 Å². The van der Waals surface area contributed by atoms with E-state index < -0.39 is 11.9 Å². The van der Waals surface area contributed by atoms with E-state index in [1.807, 2.05) is 34.3 Å². The summed E-state index contributed by atoms with van der Waals surface area (Å²) in [5.41, 5.74) is 1.47. The molecule has 3 aromatic carbocycles. The van der Waals surface area contributed by atoms with Crippen LogP contribution in [0.15, 0.2) is 83.0 Å². The number of hydrazone groups is 2. The highest BCUT2D eigenvalue weighted by Crippen LogP contribution is 2.23. The molecule has 0 amide bonds. The molecule has 0 saturated carbocycles. The lowest BCUT2D eigenvalue weighted by molar-refractivity contribution is 0.0691. The summed E-state index contributed by atoms with van der Waals surface area (Å²) in [5.74, 6) is -0.675. The number of nitrogens with zero attached hydrogens (tertiary/aromatic N) is 4. The molecular weight excluding hydrogens is 528 g/mol. The summed E-state index contributed by atoms with van der Waals surface area (Å²) in [4.78, 5) is 26.7. The van der Waals surface area contributed by atoms with Gasteiger partial charge in [0.25, 0.3) is 0 Å². The van der Waals surface area contributed by atoms with Crippen molar-refractivity contribution in [1.82, 2.24) is 10.0 Å². The zero-order valence-corrected chi connectivity index (χ0v) is 25.8. The lowest BCUT2D eigenvalue weighted by Crippen LogP contribution is -2.32. The molecule has 0 fully saturated rings. The smallest absolute Gasteiger partial charge is 0.344 e. The van der Waals surface area contributed by atoms with Gasteiger partial charge in [-0.2, -0.15) is 10.2 Å². The minimum absolute atomic E-state index is 0.0946. The van der Waals surface area contributed by atoms with Crippen molar-refractivity contribution in [3.8, 4) is 11.5 Å². The van der Waals surface area contributed by atoms with Gasteiger partial charge in [-0.1, -0.05) is 36.4 Å². The number of rotatable bonds is 12. The van der Waals surface area contributed by atoms with Gasteiger partial charge in [0.1, 0.15) is 11.5 Å². The Labute approximate surface area is 249 Å². The second-order valence-corrected chi connectivity index (χ2v) is 11.0. The van der Waals surface area contributed by atoms with Crippen LogP contribution in [-0.4, -0.2) is 58.6 Å². The summed E-state index contributed by atoms with van der Waals surface area (Å²) in [5, 5.41) is 13.2. The normalized spacial score (nSPS) is 11.7. The van der Waals surface area contributed by atoms with Crippen LogP contribution in [0, 0.1) is 0 Å². The summed E-state index contributed by atoms with van der Waals surface area (Å²) in [6, 6.07) is 21.6. The predicted molar refractivity (Wildman–Crippen MR) is 169 cm³/mol. The molecule has 0 saturated heterocycles. The first-order chi connectivity index (χ1) is 20.0. The second kappa shape index (κ2) is 15.0. The van der Waals surface area contributed by atoms with E-state index in [9.17, 15) is 9.59 Å². The Morgan fingerprint density at radius 1 is 0.548 bits per heavy atom. The molecular formula is C34H42N4O4. The maximum Gasteiger partial charge on any atom is 0.344 e. The topological polar surface area (TPSA) is 83.8 Å². The van der Waals surface area contributed by atoms with E-state index in [0.717, 1.165) is 0 Å². The van der Waals surface area contributed by atoms with Gasteiger partial charge in [-0.3, -0.25) is 10.0 Å². The van der Waals surface area contributed by atoms with E-state index in [4.69, 9.17) is 9.47 Å². The molecule has 0 aliphatic rings. The summed E-state index contributed by atoms with van der Waals surface area (Å²) < 4.78 is 11.6. The summed E-state index contributed by atoms with van der Waals surface area (Å²) >= 11 is 0.